The molecule has 0 aliphatic carbocycles. The molecule has 21 heavy (non-hydrogen) atoms. The molecule has 1 saturated heterocycles. The molecule has 1 aliphatic rings. The van der Waals surface area contributed by atoms with Crippen molar-refractivity contribution in [1.29, 1.82) is 0 Å². The quantitative estimate of drug-likeness (QED) is 0.877. The molecule has 1 aromatic carbocycles. The fourth-order valence-corrected chi connectivity index (χ4v) is 3.62. The fraction of sp³-hybridized carbons (Fsp3) is 0.625. The number of sulfonamides is 1. The van der Waals surface area contributed by atoms with Crippen molar-refractivity contribution in [2.45, 2.75) is 43.9 Å². The molecule has 0 amide bonds. The molecule has 1 aromatic rings. The van der Waals surface area contributed by atoms with Crippen LogP contribution < -0.4 is 10.0 Å². The third kappa shape index (κ3) is 4.53. The number of benzene rings is 1. The lowest BCUT2D eigenvalue weighted by atomic mass is 9.87. The van der Waals surface area contributed by atoms with E-state index >= 15 is 0 Å². The molecule has 0 radical (unpaired) electrons. The van der Waals surface area contributed by atoms with Crippen LogP contribution in [0.2, 0.25) is 0 Å². The molecule has 5 heteroatoms. The van der Waals surface area contributed by atoms with Crippen molar-refractivity contribution in [1.82, 2.24) is 10.0 Å². The van der Waals surface area contributed by atoms with E-state index in [1.165, 1.54) is 0 Å². The van der Waals surface area contributed by atoms with Crippen molar-refractivity contribution in [2.75, 3.05) is 19.6 Å². The molecule has 118 valence electrons. The van der Waals surface area contributed by atoms with E-state index < -0.39 is 10.0 Å². The first-order valence-electron chi connectivity index (χ1n) is 7.60. The Morgan fingerprint density at radius 1 is 1.24 bits per heavy atom. The van der Waals surface area contributed by atoms with Crippen LogP contribution >= 0.6 is 0 Å². The van der Waals surface area contributed by atoms with E-state index in [4.69, 9.17) is 0 Å². The molecule has 0 bridgehead atoms. The lowest BCUT2D eigenvalue weighted by molar-refractivity contribution is 0.519. The zero-order chi connectivity index (χ0) is 15.5. The third-order valence-corrected chi connectivity index (χ3v) is 5.51. The normalized spacial score (nSPS) is 19.9. The molecule has 1 unspecified atom stereocenters. The molecule has 0 aromatic heterocycles. The van der Waals surface area contributed by atoms with Crippen LogP contribution in [-0.4, -0.2) is 28.1 Å². The van der Waals surface area contributed by atoms with Gasteiger partial charge in [0.15, 0.2) is 0 Å². The summed E-state index contributed by atoms with van der Waals surface area (Å²) in [5.41, 5.74) is 1.17. The minimum absolute atomic E-state index is 0.0329. The molecular weight excluding hydrogens is 284 g/mol. The summed E-state index contributed by atoms with van der Waals surface area (Å²) in [4.78, 5) is 0.347. The van der Waals surface area contributed by atoms with Gasteiger partial charge in [-0.15, -0.1) is 0 Å². The first kappa shape index (κ1) is 16.5. The van der Waals surface area contributed by atoms with Crippen LogP contribution in [0.5, 0.6) is 0 Å². The number of hydrogen-bond acceptors (Lipinski definition) is 3. The predicted molar refractivity (Wildman–Crippen MR) is 85.9 cm³/mol. The molecule has 1 atom stereocenters. The average molecular weight is 310 g/mol. The Balaban J connectivity index is 1.95. The molecule has 2 rings (SSSR count). The Labute approximate surface area is 128 Å². The van der Waals surface area contributed by atoms with Crippen molar-refractivity contribution >= 4 is 10.0 Å². The van der Waals surface area contributed by atoms with Gasteiger partial charge < -0.3 is 5.32 Å². The van der Waals surface area contributed by atoms with Gasteiger partial charge in [0.1, 0.15) is 0 Å². The summed E-state index contributed by atoms with van der Waals surface area (Å²) < 4.78 is 27.2. The summed E-state index contributed by atoms with van der Waals surface area (Å²) >= 11 is 0. The van der Waals surface area contributed by atoms with E-state index in [9.17, 15) is 8.42 Å². The van der Waals surface area contributed by atoms with Crippen molar-refractivity contribution in [3.05, 3.63) is 29.8 Å². The Kier molecular flexibility index (Phi) is 5.07. The summed E-state index contributed by atoms with van der Waals surface area (Å²) in [5.74, 6) is 0.593. The summed E-state index contributed by atoms with van der Waals surface area (Å²) in [6.07, 6.45) is 2.04. The second kappa shape index (κ2) is 6.46. The van der Waals surface area contributed by atoms with Crippen molar-refractivity contribution in [3.8, 4) is 0 Å². The molecule has 1 fully saturated rings. The van der Waals surface area contributed by atoms with Gasteiger partial charge in [-0.25, -0.2) is 13.1 Å². The Hall–Kier alpha value is -0.910. The van der Waals surface area contributed by atoms with E-state index in [2.05, 4.69) is 30.8 Å². The summed E-state index contributed by atoms with van der Waals surface area (Å²) in [5, 5.41) is 3.29. The minimum Gasteiger partial charge on any atom is -0.316 e. The van der Waals surface area contributed by atoms with E-state index in [1.54, 1.807) is 12.1 Å². The molecule has 4 nitrogen and oxygen atoms in total. The van der Waals surface area contributed by atoms with Crippen LogP contribution in [0.1, 0.15) is 39.2 Å². The Morgan fingerprint density at radius 3 is 2.43 bits per heavy atom. The maximum atomic E-state index is 12.2. The van der Waals surface area contributed by atoms with E-state index in [0.29, 0.717) is 17.4 Å². The highest BCUT2D eigenvalue weighted by Gasteiger charge is 2.19. The van der Waals surface area contributed by atoms with Gasteiger partial charge in [-0.2, -0.15) is 0 Å². The van der Waals surface area contributed by atoms with Gasteiger partial charge in [-0.1, -0.05) is 32.9 Å². The van der Waals surface area contributed by atoms with Crippen LogP contribution in [0, 0.1) is 5.92 Å². The third-order valence-electron chi connectivity index (χ3n) is 4.04. The first-order valence-corrected chi connectivity index (χ1v) is 9.08. The molecule has 1 aliphatic heterocycles. The van der Waals surface area contributed by atoms with Crippen LogP contribution in [0.3, 0.4) is 0 Å². The smallest absolute Gasteiger partial charge is 0.240 e. The van der Waals surface area contributed by atoms with Gasteiger partial charge in [0.05, 0.1) is 4.90 Å². The van der Waals surface area contributed by atoms with Gasteiger partial charge in [-0.3, -0.25) is 0 Å². The van der Waals surface area contributed by atoms with Gasteiger partial charge in [0, 0.05) is 6.54 Å². The minimum atomic E-state index is -3.38. The molecular formula is C16H26N2O2S. The summed E-state index contributed by atoms with van der Waals surface area (Å²) in [7, 11) is -3.38. The monoisotopic (exact) mass is 310 g/mol. The Morgan fingerprint density at radius 2 is 1.90 bits per heavy atom. The zero-order valence-corrected chi connectivity index (χ0v) is 14.0. The van der Waals surface area contributed by atoms with Crippen LogP contribution in [0.25, 0.3) is 0 Å². The van der Waals surface area contributed by atoms with Crippen molar-refractivity contribution < 1.29 is 8.42 Å². The lowest BCUT2D eigenvalue weighted by Gasteiger charge is -2.19. The second-order valence-electron chi connectivity index (χ2n) is 6.82. The van der Waals surface area contributed by atoms with Gasteiger partial charge in [0.2, 0.25) is 10.0 Å². The SMILES string of the molecule is CC(C)(C)c1ccc(S(=O)(=O)NCCC2CCNC2)cc1. The largest absolute Gasteiger partial charge is 0.316 e. The summed E-state index contributed by atoms with van der Waals surface area (Å²) in [6.45, 7) is 8.91. The van der Waals surface area contributed by atoms with Gasteiger partial charge >= 0.3 is 0 Å². The number of rotatable bonds is 5. The fourth-order valence-electron chi connectivity index (χ4n) is 2.58. The number of hydrogen-bond donors (Lipinski definition) is 2. The van der Waals surface area contributed by atoms with E-state index in [-0.39, 0.29) is 5.41 Å². The van der Waals surface area contributed by atoms with E-state index in [0.717, 1.165) is 31.5 Å². The van der Waals surface area contributed by atoms with Gasteiger partial charge in [-0.05, 0) is 55.0 Å². The molecule has 0 spiro atoms. The zero-order valence-electron chi connectivity index (χ0n) is 13.1. The highest BCUT2D eigenvalue weighted by atomic mass is 32.2. The van der Waals surface area contributed by atoms with Crippen LogP contribution in [0.4, 0.5) is 0 Å². The van der Waals surface area contributed by atoms with Crippen molar-refractivity contribution in [2.24, 2.45) is 5.92 Å². The average Bonchev–Trinajstić information content (AvgIpc) is 2.91. The highest BCUT2D eigenvalue weighted by molar-refractivity contribution is 7.89. The lowest BCUT2D eigenvalue weighted by Crippen LogP contribution is -2.26. The number of nitrogens with one attached hydrogen (secondary N) is 2. The molecule has 2 N–H and O–H groups in total. The topological polar surface area (TPSA) is 58.2 Å². The maximum Gasteiger partial charge on any atom is 0.240 e. The first-order chi connectivity index (χ1) is 9.79. The molecule has 1 heterocycles. The molecule has 0 saturated carbocycles. The highest BCUT2D eigenvalue weighted by Crippen LogP contribution is 2.23. The predicted octanol–water partition coefficient (Wildman–Crippen LogP) is 2.26. The maximum absolute atomic E-state index is 12.2. The van der Waals surface area contributed by atoms with Crippen LogP contribution in [-0.2, 0) is 15.4 Å². The van der Waals surface area contributed by atoms with Gasteiger partial charge in [0.25, 0.3) is 0 Å². The standard InChI is InChI=1S/C16H26N2O2S/c1-16(2,3)14-4-6-15(7-5-14)21(19,20)18-11-9-13-8-10-17-12-13/h4-7,13,17-18H,8-12H2,1-3H3. The van der Waals surface area contributed by atoms with Crippen LogP contribution in [0.15, 0.2) is 29.2 Å². The van der Waals surface area contributed by atoms with Crippen molar-refractivity contribution in [3.63, 3.8) is 0 Å². The Bertz CT molecular complexity index is 553. The summed E-state index contributed by atoms with van der Waals surface area (Å²) in [6, 6.07) is 7.19. The second-order valence-corrected chi connectivity index (χ2v) is 8.59. The van der Waals surface area contributed by atoms with E-state index in [1.807, 2.05) is 12.1 Å².